The van der Waals surface area contributed by atoms with E-state index in [0.717, 1.165) is 0 Å². The molecule has 0 aliphatic carbocycles. The molecule has 94 valence electrons. The molecule has 1 aromatic heterocycles. The number of rotatable bonds is 6. The molecule has 0 aromatic carbocycles. The summed E-state index contributed by atoms with van der Waals surface area (Å²) in [5.74, 6) is 0.495. The first-order chi connectivity index (χ1) is 8.02. The first-order valence-electron chi connectivity index (χ1n) is 5.29. The van der Waals surface area contributed by atoms with E-state index in [-0.39, 0.29) is 17.5 Å². The van der Waals surface area contributed by atoms with Crippen LogP contribution in [0.2, 0.25) is 0 Å². The van der Waals surface area contributed by atoms with Gasteiger partial charge in [-0.2, -0.15) is 0 Å². The van der Waals surface area contributed by atoms with Crippen LogP contribution in [0.1, 0.15) is 13.8 Å². The number of ether oxygens (including phenoxy) is 1. The first-order valence-corrected chi connectivity index (χ1v) is 5.29. The number of nitrogens with one attached hydrogen (secondary N) is 1. The lowest BCUT2D eigenvalue weighted by atomic mass is 10.3. The second-order valence-electron chi connectivity index (χ2n) is 3.60. The van der Waals surface area contributed by atoms with E-state index in [0.29, 0.717) is 19.0 Å². The largest absolute Gasteiger partial charge is 0.383 e. The highest BCUT2D eigenvalue weighted by molar-refractivity contribution is 5.53. The highest BCUT2D eigenvalue weighted by Gasteiger charge is 2.11. The number of hydrogen-bond acceptors (Lipinski definition) is 6. The van der Waals surface area contributed by atoms with Crippen molar-refractivity contribution in [1.29, 1.82) is 0 Å². The summed E-state index contributed by atoms with van der Waals surface area (Å²) in [4.78, 5) is 14.1. The van der Waals surface area contributed by atoms with Crippen molar-refractivity contribution in [2.75, 3.05) is 24.3 Å². The normalized spacial score (nSPS) is 12.1. The zero-order valence-corrected chi connectivity index (χ0v) is 9.84. The number of nitrogen functional groups attached to an aromatic ring is 1. The molecule has 0 radical (unpaired) electrons. The zero-order chi connectivity index (χ0) is 12.8. The van der Waals surface area contributed by atoms with Gasteiger partial charge in [0.2, 0.25) is 0 Å². The Hall–Kier alpha value is -1.89. The van der Waals surface area contributed by atoms with Gasteiger partial charge in [0, 0.05) is 12.6 Å². The van der Waals surface area contributed by atoms with E-state index in [1.165, 1.54) is 12.1 Å². The Bertz CT molecular complexity index is 397. The van der Waals surface area contributed by atoms with E-state index in [1.54, 1.807) is 0 Å². The van der Waals surface area contributed by atoms with Crippen LogP contribution >= 0.6 is 0 Å². The van der Waals surface area contributed by atoms with Crippen LogP contribution in [0.4, 0.5) is 17.3 Å². The monoisotopic (exact) mass is 240 g/mol. The number of pyridine rings is 1. The average Bonchev–Trinajstić information content (AvgIpc) is 2.25. The number of aromatic nitrogens is 1. The van der Waals surface area contributed by atoms with Crippen LogP contribution < -0.4 is 11.1 Å². The fraction of sp³-hybridized carbons (Fsp3) is 0.500. The third kappa shape index (κ3) is 4.23. The summed E-state index contributed by atoms with van der Waals surface area (Å²) in [5, 5.41) is 13.6. The standard InChI is InChI=1S/C10H16N4O3/c1-3-17-6-7(2)12-10-5-8(14(15)16)4-9(11)13-10/h4-5,7H,3,6H2,1-2H3,(H3,11,12,13). The van der Waals surface area contributed by atoms with E-state index in [9.17, 15) is 10.1 Å². The van der Waals surface area contributed by atoms with Crippen molar-refractivity contribution in [2.45, 2.75) is 19.9 Å². The molecule has 3 N–H and O–H groups in total. The first kappa shape index (κ1) is 13.2. The van der Waals surface area contributed by atoms with Gasteiger partial charge >= 0.3 is 0 Å². The molecule has 0 aliphatic rings. The minimum Gasteiger partial charge on any atom is -0.383 e. The quantitative estimate of drug-likeness (QED) is 0.575. The molecule has 0 aliphatic heterocycles. The van der Waals surface area contributed by atoms with Crippen LogP contribution in [0.15, 0.2) is 12.1 Å². The summed E-state index contributed by atoms with van der Waals surface area (Å²) in [6.45, 7) is 4.92. The Morgan fingerprint density at radius 3 is 2.94 bits per heavy atom. The molecule has 1 atom stereocenters. The molecule has 1 heterocycles. The van der Waals surface area contributed by atoms with E-state index in [2.05, 4.69) is 10.3 Å². The van der Waals surface area contributed by atoms with Crippen molar-refractivity contribution in [2.24, 2.45) is 0 Å². The number of nitro groups is 1. The Kier molecular flexibility index (Phi) is 4.65. The summed E-state index contributed by atoms with van der Waals surface area (Å²) < 4.78 is 5.22. The molecule has 0 spiro atoms. The molecule has 0 saturated carbocycles. The third-order valence-corrected chi connectivity index (χ3v) is 2.01. The molecule has 7 heteroatoms. The second-order valence-corrected chi connectivity index (χ2v) is 3.60. The van der Waals surface area contributed by atoms with Gasteiger partial charge in [-0.05, 0) is 13.8 Å². The Labute approximate surface area is 99.1 Å². The van der Waals surface area contributed by atoms with E-state index in [1.807, 2.05) is 13.8 Å². The summed E-state index contributed by atoms with van der Waals surface area (Å²) in [5.41, 5.74) is 5.41. The Balaban J connectivity index is 2.73. The van der Waals surface area contributed by atoms with Gasteiger partial charge in [-0.25, -0.2) is 4.98 Å². The van der Waals surface area contributed by atoms with Crippen LogP contribution in [0, 0.1) is 10.1 Å². The zero-order valence-electron chi connectivity index (χ0n) is 9.84. The number of nitrogens with zero attached hydrogens (tertiary/aromatic N) is 2. The van der Waals surface area contributed by atoms with Gasteiger partial charge in [-0.15, -0.1) is 0 Å². The molecular formula is C10H16N4O3. The van der Waals surface area contributed by atoms with Gasteiger partial charge in [0.05, 0.1) is 23.7 Å². The lowest BCUT2D eigenvalue weighted by Crippen LogP contribution is -2.22. The molecule has 0 bridgehead atoms. The molecule has 7 nitrogen and oxygen atoms in total. The molecule has 1 aromatic rings. The van der Waals surface area contributed by atoms with Crippen LogP contribution in [0.5, 0.6) is 0 Å². The minimum absolute atomic E-state index is 0.00357. The topological polar surface area (TPSA) is 103 Å². The van der Waals surface area contributed by atoms with Crippen LogP contribution in [0.3, 0.4) is 0 Å². The maximum atomic E-state index is 10.6. The van der Waals surface area contributed by atoms with Crippen molar-refractivity contribution in [3.8, 4) is 0 Å². The van der Waals surface area contributed by atoms with E-state index in [4.69, 9.17) is 10.5 Å². The van der Waals surface area contributed by atoms with Gasteiger partial charge < -0.3 is 15.8 Å². The fourth-order valence-corrected chi connectivity index (χ4v) is 1.30. The van der Waals surface area contributed by atoms with Crippen molar-refractivity contribution in [3.63, 3.8) is 0 Å². The van der Waals surface area contributed by atoms with Crippen molar-refractivity contribution in [3.05, 3.63) is 22.2 Å². The van der Waals surface area contributed by atoms with Gasteiger partial charge in [-0.1, -0.05) is 0 Å². The van der Waals surface area contributed by atoms with E-state index < -0.39 is 4.92 Å². The molecule has 0 fully saturated rings. The van der Waals surface area contributed by atoms with Gasteiger partial charge in [-0.3, -0.25) is 10.1 Å². The SMILES string of the molecule is CCOCC(C)Nc1cc([N+](=O)[O-])cc(N)n1. The van der Waals surface area contributed by atoms with Crippen molar-refractivity contribution in [1.82, 2.24) is 4.98 Å². The average molecular weight is 240 g/mol. The van der Waals surface area contributed by atoms with Gasteiger partial charge in [0.15, 0.2) is 0 Å². The smallest absolute Gasteiger partial charge is 0.276 e. The fourth-order valence-electron chi connectivity index (χ4n) is 1.30. The lowest BCUT2D eigenvalue weighted by molar-refractivity contribution is -0.384. The number of hydrogen-bond donors (Lipinski definition) is 2. The van der Waals surface area contributed by atoms with Crippen LogP contribution in [-0.4, -0.2) is 29.2 Å². The number of nitrogens with two attached hydrogens (primary N) is 1. The predicted molar refractivity (Wildman–Crippen MR) is 64.9 cm³/mol. The maximum Gasteiger partial charge on any atom is 0.276 e. The highest BCUT2D eigenvalue weighted by Crippen LogP contribution is 2.19. The summed E-state index contributed by atoms with van der Waals surface area (Å²) in [7, 11) is 0. The minimum atomic E-state index is -0.504. The van der Waals surface area contributed by atoms with Crippen molar-refractivity contribution >= 4 is 17.3 Å². The highest BCUT2D eigenvalue weighted by atomic mass is 16.6. The molecule has 0 amide bonds. The van der Waals surface area contributed by atoms with Crippen molar-refractivity contribution < 1.29 is 9.66 Å². The molecule has 0 saturated heterocycles. The number of anilines is 2. The van der Waals surface area contributed by atoms with Crippen LogP contribution in [0.25, 0.3) is 0 Å². The third-order valence-electron chi connectivity index (χ3n) is 2.01. The summed E-state index contributed by atoms with van der Waals surface area (Å²) in [6.07, 6.45) is 0. The summed E-state index contributed by atoms with van der Waals surface area (Å²) in [6, 6.07) is 2.57. The Morgan fingerprint density at radius 1 is 1.65 bits per heavy atom. The van der Waals surface area contributed by atoms with Gasteiger partial charge in [0.25, 0.3) is 5.69 Å². The van der Waals surface area contributed by atoms with Gasteiger partial charge in [0.1, 0.15) is 11.6 Å². The van der Waals surface area contributed by atoms with E-state index >= 15 is 0 Å². The predicted octanol–water partition coefficient (Wildman–Crippen LogP) is 1.41. The Morgan fingerprint density at radius 2 is 2.35 bits per heavy atom. The second kappa shape index (κ2) is 6.00. The lowest BCUT2D eigenvalue weighted by Gasteiger charge is -2.14. The maximum absolute atomic E-state index is 10.6. The molecular weight excluding hydrogens is 224 g/mol. The molecule has 1 unspecified atom stereocenters. The van der Waals surface area contributed by atoms with Crippen LogP contribution in [-0.2, 0) is 4.74 Å². The molecule has 1 rings (SSSR count). The molecule has 17 heavy (non-hydrogen) atoms. The summed E-state index contributed by atoms with van der Waals surface area (Å²) >= 11 is 0.